The minimum atomic E-state index is -4.58. The Labute approximate surface area is 442 Å². The maximum Gasteiger partial charge on any atom is 0.268 e. The van der Waals surface area contributed by atoms with Crippen molar-refractivity contribution in [3.8, 4) is 0 Å². The lowest BCUT2D eigenvalue weighted by Crippen LogP contribution is -2.46. The van der Waals surface area contributed by atoms with Gasteiger partial charge < -0.3 is 28.8 Å². The van der Waals surface area contributed by atoms with Gasteiger partial charge in [-0.1, -0.05) is 281 Å². The lowest BCUT2D eigenvalue weighted by atomic mass is 10.0. The fourth-order valence-corrected chi connectivity index (χ4v) is 10.0. The summed E-state index contributed by atoms with van der Waals surface area (Å²) >= 11 is 0. The maximum absolute atomic E-state index is 13.0. The zero-order valence-corrected chi connectivity index (χ0v) is 48.8. The first-order chi connectivity index (χ1) is 34.5. The van der Waals surface area contributed by atoms with Gasteiger partial charge in [0.25, 0.3) is 7.82 Å². The minimum Gasteiger partial charge on any atom is -0.756 e. The van der Waals surface area contributed by atoms with Crippen LogP contribution in [0.15, 0.2) is 36.5 Å². The third-order valence-corrected chi connectivity index (χ3v) is 15.1. The van der Waals surface area contributed by atoms with E-state index in [-0.39, 0.29) is 19.1 Å². The van der Waals surface area contributed by atoms with Gasteiger partial charge in [0.15, 0.2) is 0 Å². The molecule has 0 aromatic rings. The van der Waals surface area contributed by atoms with Gasteiger partial charge in [0.1, 0.15) is 13.2 Å². The fraction of sp³-hybridized carbons (Fsp3) is 0.887. The van der Waals surface area contributed by atoms with Crippen LogP contribution in [0.2, 0.25) is 0 Å². The molecule has 0 spiro atoms. The Hall–Kier alpha value is -1.28. The van der Waals surface area contributed by atoms with Gasteiger partial charge in [-0.25, -0.2) is 0 Å². The van der Waals surface area contributed by atoms with Crippen LogP contribution in [0.25, 0.3) is 0 Å². The van der Waals surface area contributed by atoms with Gasteiger partial charge in [-0.15, -0.1) is 0 Å². The van der Waals surface area contributed by atoms with Gasteiger partial charge in [-0.2, -0.15) is 0 Å². The number of amides is 1. The van der Waals surface area contributed by atoms with Gasteiger partial charge >= 0.3 is 0 Å². The maximum atomic E-state index is 13.0. The monoisotopic (exact) mass is 1020 g/mol. The summed E-state index contributed by atoms with van der Waals surface area (Å²) in [5, 5.41) is 14.1. The molecule has 420 valence electrons. The number of unbranched alkanes of at least 4 members (excludes halogenated alkanes) is 38. The summed E-state index contributed by atoms with van der Waals surface area (Å²) in [4.78, 5) is 25.6. The summed E-state index contributed by atoms with van der Waals surface area (Å²) in [6, 6.07) is -0.803. The van der Waals surface area contributed by atoms with Crippen molar-refractivity contribution in [1.82, 2.24) is 5.32 Å². The Morgan fingerprint density at radius 3 is 1.18 bits per heavy atom. The first-order valence-electron chi connectivity index (χ1n) is 30.8. The normalized spacial score (nSPS) is 14.1. The third-order valence-electron chi connectivity index (χ3n) is 14.1. The topological polar surface area (TPSA) is 108 Å². The van der Waals surface area contributed by atoms with Crippen molar-refractivity contribution >= 4 is 13.7 Å². The molecule has 0 heterocycles. The van der Waals surface area contributed by atoms with Crippen molar-refractivity contribution in [3.05, 3.63) is 36.5 Å². The first kappa shape index (κ1) is 69.7. The summed E-state index contributed by atoms with van der Waals surface area (Å²) in [7, 11) is 1.31. The van der Waals surface area contributed by atoms with Gasteiger partial charge in [0.05, 0.1) is 39.9 Å². The van der Waals surface area contributed by atoms with E-state index in [4.69, 9.17) is 9.05 Å². The smallest absolute Gasteiger partial charge is 0.268 e. The van der Waals surface area contributed by atoms with Crippen molar-refractivity contribution in [3.63, 3.8) is 0 Å². The SMILES string of the molecule is CCCCCCC/C=C\C/C=C\C/C=C\CCCCCCCCCCCCCCC(=O)NC(COP(=O)([O-])OCC[N+](C)(C)C)C(O)CCCCCCCCCCCCCCCCCCCCCCCC. The average molecular weight is 1020 g/mol. The molecular formula is C62H121N2O6P. The highest BCUT2D eigenvalue weighted by Gasteiger charge is 2.24. The Bertz CT molecular complexity index is 1250. The quantitative estimate of drug-likeness (QED) is 0.0272. The van der Waals surface area contributed by atoms with Crippen molar-refractivity contribution in [2.45, 2.75) is 315 Å². The van der Waals surface area contributed by atoms with E-state index < -0.39 is 20.0 Å². The number of likely N-dealkylation sites (N-methyl/N-ethyl adjacent to an activating group) is 1. The van der Waals surface area contributed by atoms with Crippen LogP contribution >= 0.6 is 7.82 Å². The molecule has 0 aromatic carbocycles. The molecule has 8 nitrogen and oxygen atoms in total. The molecular weight excluding hydrogens is 900 g/mol. The molecule has 0 aromatic heterocycles. The Kier molecular flexibility index (Phi) is 52.6. The number of phosphoric acid groups is 1. The molecule has 9 heteroatoms. The van der Waals surface area contributed by atoms with Crippen LogP contribution < -0.4 is 10.2 Å². The average Bonchev–Trinajstić information content (AvgIpc) is 3.33. The van der Waals surface area contributed by atoms with E-state index in [1.807, 2.05) is 21.1 Å². The number of quaternary nitrogens is 1. The largest absolute Gasteiger partial charge is 0.756 e. The molecule has 0 saturated heterocycles. The number of nitrogens with one attached hydrogen (secondary N) is 1. The molecule has 0 aliphatic heterocycles. The lowest BCUT2D eigenvalue weighted by Gasteiger charge is -2.30. The zero-order valence-electron chi connectivity index (χ0n) is 47.9. The molecule has 3 atom stereocenters. The van der Waals surface area contributed by atoms with Gasteiger partial charge in [-0.05, 0) is 51.4 Å². The number of hydrogen-bond acceptors (Lipinski definition) is 6. The van der Waals surface area contributed by atoms with Crippen LogP contribution in [0.4, 0.5) is 0 Å². The van der Waals surface area contributed by atoms with E-state index in [1.165, 1.54) is 225 Å². The number of carbonyl (C=O) groups is 1. The Morgan fingerprint density at radius 2 is 0.817 bits per heavy atom. The number of nitrogens with zero attached hydrogens (tertiary/aromatic N) is 1. The summed E-state index contributed by atoms with van der Waals surface area (Å²) in [6.07, 6.45) is 68.9. The highest BCUT2D eigenvalue weighted by molar-refractivity contribution is 7.45. The number of aliphatic hydroxyl groups excluding tert-OH is 1. The molecule has 1 amide bonds. The Morgan fingerprint density at radius 1 is 0.493 bits per heavy atom. The zero-order chi connectivity index (χ0) is 52.0. The van der Waals surface area contributed by atoms with Crippen LogP contribution in [0.1, 0.15) is 303 Å². The van der Waals surface area contributed by atoms with Crippen LogP contribution in [0.5, 0.6) is 0 Å². The van der Waals surface area contributed by atoms with E-state index in [1.54, 1.807) is 0 Å². The number of carbonyl (C=O) groups excluding carboxylic acids is 1. The van der Waals surface area contributed by atoms with E-state index in [0.29, 0.717) is 23.9 Å². The second-order valence-corrected chi connectivity index (χ2v) is 23.8. The lowest BCUT2D eigenvalue weighted by molar-refractivity contribution is -0.870. The van der Waals surface area contributed by atoms with Crippen LogP contribution in [0, 0.1) is 0 Å². The van der Waals surface area contributed by atoms with Gasteiger partial charge in [0, 0.05) is 6.42 Å². The molecule has 3 unspecified atom stereocenters. The van der Waals surface area contributed by atoms with Crippen LogP contribution in [0.3, 0.4) is 0 Å². The third kappa shape index (κ3) is 56.3. The molecule has 0 saturated carbocycles. The second-order valence-electron chi connectivity index (χ2n) is 22.4. The van der Waals surface area contributed by atoms with Crippen molar-refractivity contribution in [2.75, 3.05) is 40.9 Å². The molecule has 0 aliphatic rings. The number of aliphatic hydroxyl groups is 1. The second kappa shape index (κ2) is 53.5. The number of allylic oxidation sites excluding steroid dienone is 6. The van der Waals surface area contributed by atoms with E-state index in [2.05, 4.69) is 55.6 Å². The summed E-state index contributed by atoms with van der Waals surface area (Å²) < 4.78 is 23.5. The summed E-state index contributed by atoms with van der Waals surface area (Å²) in [5.74, 6) is -0.163. The standard InChI is InChI=1S/C62H121N2O6P/c1-6-8-10-12-14-16-18-20-22-24-26-28-30-31-32-33-34-36-38-40-42-44-46-48-50-52-54-56-62(66)63-60(59-70-71(67,68)69-58-57-64(3,4)5)61(65)55-53-51-49-47-45-43-41-39-37-35-29-27-25-23-21-19-17-15-13-11-9-7-2/h18,20,24,26,30-31,60-61,65H,6-17,19,21-23,25,27-29,32-59H2,1-5H3,(H-,63,66,67,68)/b20-18-,26-24-,31-30-. The van der Waals surface area contributed by atoms with Gasteiger partial charge in [-0.3, -0.25) is 9.36 Å². The van der Waals surface area contributed by atoms with E-state index in [9.17, 15) is 19.4 Å². The minimum absolute atomic E-state index is 0.0124. The van der Waals surface area contributed by atoms with Crippen LogP contribution in [-0.4, -0.2) is 68.5 Å². The molecule has 0 radical (unpaired) electrons. The predicted molar refractivity (Wildman–Crippen MR) is 307 cm³/mol. The highest BCUT2D eigenvalue weighted by atomic mass is 31.2. The van der Waals surface area contributed by atoms with Gasteiger partial charge in [0.2, 0.25) is 5.91 Å². The summed E-state index contributed by atoms with van der Waals surface area (Å²) in [5.41, 5.74) is 0. The number of hydrogen-bond donors (Lipinski definition) is 2. The Balaban J connectivity index is 4.12. The molecule has 71 heavy (non-hydrogen) atoms. The van der Waals surface area contributed by atoms with Crippen molar-refractivity contribution in [1.29, 1.82) is 0 Å². The molecule has 0 rings (SSSR count). The molecule has 0 bridgehead atoms. The number of rotatable bonds is 57. The van der Waals surface area contributed by atoms with E-state index >= 15 is 0 Å². The fourth-order valence-electron chi connectivity index (χ4n) is 9.29. The van der Waals surface area contributed by atoms with Crippen molar-refractivity contribution in [2.24, 2.45) is 0 Å². The molecule has 0 fully saturated rings. The first-order valence-corrected chi connectivity index (χ1v) is 32.3. The molecule has 2 N–H and O–H groups in total. The predicted octanol–water partition coefficient (Wildman–Crippen LogP) is 18.3. The molecule has 0 aliphatic carbocycles. The number of phosphoric ester groups is 1. The van der Waals surface area contributed by atoms with Crippen molar-refractivity contribution < 1.29 is 32.9 Å². The van der Waals surface area contributed by atoms with Crippen LogP contribution in [-0.2, 0) is 18.4 Å². The highest BCUT2D eigenvalue weighted by Crippen LogP contribution is 2.38. The van der Waals surface area contributed by atoms with E-state index in [0.717, 1.165) is 51.4 Å². The summed E-state index contributed by atoms with van der Waals surface area (Å²) in [6.45, 7) is 4.75.